The van der Waals surface area contributed by atoms with E-state index in [1.165, 1.54) is 0 Å². The fourth-order valence-corrected chi connectivity index (χ4v) is 1.11. The van der Waals surface area contributed by atoms with E-state index in [0.29, 0.717) is 0 Å². The summed E-state index contributed by atoms with van der Waals surface area (Å²) in [5.41, 5.74) is -12.6. The minimum absolute atomic E-state index is 0.870. The van der Waals surface area contributed by atoms with Crippen molar-refractivity contribution in [3.63, 3.8) is 0 Å². The van der Waals surface area contributed by atoms with Crippen molar-refractivity contribution in [2.75, 3.05) is 0 Å². The van der Waals surface area contributed by atoms with Gasteiger partial charge in [-0.25, -0.2) is 0 Å². The Kier molecular flexibility index (Phi) is 6.63. The lowest BCUT2D eigenvalue weighted by Crippen LogP contribution is -2.47. The van der Waals surface area contributed by atoms with Gasteiger partial charge in [0.05, 0.1) is 0 Å². The van der Waals surface area contributed by atoms with Gasteiger partial charge in [-0.05, 0) is 0 Å². The Balaban J connectivity index is 7.05. The largest absolute Gasteiger partial charge is 0.459 e. The van der Waals surface area contributed by atoms with Crippen LogP contribution in [0, 0.1) is 0 Å². The highest BCUT2D eigenvalue weighted by Gasteiger charge is 2.66. The molecule has 0 saturated carbocycles. The third kappa shape index (κ3) is 5.98. The molecule has 18 heteroatoms. The number of halogens is 16. The number of nitrogens with zero attached hydrogens (tertiary/aromatic N) is 2. The Morgan fingerprint density at radius 3 is 1.11 bits per heavy atom. The Bertz CT molecular complexity index is 617. The summed E-state index contributed by atoms with van der Waals surface area (Å²) in [5, 5.41) is 1.79. The summed E-state index contributed by atoms with van der Waals surface area (Å²) in [7, 11) is 0. The number of rotatable bonds is 3. The first-order valence-electron chi connectivity index (χ1n) is 5.42. The van der Waals surface area contributed by atoms with Crippen LogP contribution in [0.3, 0.4) is 0 Å². The lowest BCUT2D eigenvalue weighted by Gasteiger charge is -2.23. The monoisotopic (exact) mass is 440 g/mol. The Morgan fingerprint density at radius 1 is 0.519 bits per heavy atom. The third-order valence-corrected chi connectivity index (χ3v) is 2.15. The molecule has 0 spiro atoms. The number of alkyl halides is 14. The first kappa shape index (κ1) is 25.0. The van der Waals surface area contributed by atoms with Crippen molar-refractivity contribution in [2.24, 2.45) is 10.2 Å². The highest BCUT2D eigenvalue weighted by atomic mass is 19.4. The van der Waals surface area contributed by atoms with Crippen LogP contribution in [0.2, 0.25) is 0 Å². The van der Waals surface area contributed by atoms with Crippen molar-refractivity contribution in [1.29, 1.82) is 0 Å². The minimum atomic E-state index is -7.16. The van der Waals surface area contributed by atoms with Crippen molar-refractivity contribution >= 4 is 11.4 Å². The molecular formula is C9F16N2. The molecule has 0 rings (SSSR count). The van der Waals surface area contributed by atoms with Crippen LogP contribution in [-0.2, 0) is 0 Å². The van der Waals surface area contributed by atoms with Crippen LogP contribution in [0.25, 0.3) is 0 Å². The first-order chi connectivity index (χ1) is 11.5. The van der Waals surface area contributed by atoms with Gasteiger partial charge in [-0.3, -0.25) is 0 Å². The van der Waals surface area contributed by atoms with Crippen LogP contribution in [0.4, 0.5) is 70.2 Å². The van der Waals surface area contributed by atoms with Gasteiger partial charge in [-0.1, -0.05) is 0 Å². The fraction of sp³-hybridized carbons (Fsp3) is 0.556. The molecule has 0 aromatic heterocycles. The summed E-state index contributed by atoms with van der Waals surface area (Å²) < 4.78 is 196. The second-order valence-corrected chi connectivity index (χ2v) is 4.10. The molecule has 0 aliphatic heterocycles. The van der Waals surface area contributed by atoms with E-state index in [-0.39, 0.29) is 0 Å². The Labute approximate surface area is 135 Å². The molecule has 0 saturated heterocycles. The van der Waals surface area contributed by atoms with Gasteiger partial charge in [-0.2, -0.15) is 70.2 Å². The summed E-state index contributed by atoms with van der Waals surface area (Å²) in [4.78, 5) is 0. The molecule has 0 atom stereocenters. The van der Waals surface area contributed by atoms with E-state index in [0.717, 1.165) is 10.2 Å². The van der Waals surface area contributed by atoms with E-state index in [4.69, 9.17) is 0 Å². The molecule has 0 bridgehead atoms. The molecule has 0 fully saturated rings. The number of hydrogen-bond donors (Lipinski definition) is 0. The highest BCUT2D eigenvalue weighted by molar-refractivity contribution is 6.07. The van der Waals surface area contributed by atoms with Gasteiger partial charge in [0.15, 0.2) is 11.3 Å². The number of hydrogen-bond acceptors (Lipinski definition) is 2. The number of allylic oxidation sites excluding steroid dienone is 1. The van der Waals surface area contributed by atoms with E-state index >= 15 is 0 Å². The van der Waals surface area contributed by atoms with Crippen LogP contribution >= 0.6 is 0 Å². The zero-order chi connectivity index (χ0) is 22.2. The van der Waals surface area contributed by atoms with E-state index in [9.17, 15) is 70.2 Å². The van der Waals surface area contributed by atoms with Crippen LogP contribution in [-0.4, -0.2) is 42.1 Å². The zero-order valence-electron chi connectivity index (χ0n) is 11.4. The maximum Gasteiger partial charge on any atom is 0.459 e. The van der Waals surface area contributed by atoms with Crippen LogP contribution in [0.5, 0.6) is 0 Å². The SMILES string of the molecule is FC(F)=C(/C(=N\N=C(C(F)(F)F)C(F)(F)F)C(F)(F)C(F)(F)F)C(F)(F)F. The summed E-state index contributed by atoms with van der Waals surface area (Å²) in [5.74, 6) is -7.05. The standard InChI is InChI=1S/C9F16N2/c10-3(11)1(6(14,15)16)2(5(12,13)9(23,24)25)26-27-4(7(17,18)19)8(20,21)22/b26-2+. The third-order valence-electron chi connectivity index (χ3n) is 2.15. The van der Waals surface area contributed by atoms with Crippen LogP contribution < -0.4 is 0 Å². The molecule has 2 nitrogen and oxygen atoms in total. The Morgan fingerprint density at radius 2 is 0.889 bits per heavy atom. The molecule has 0 heterocycles. The van der Waals surface area contributed by atoms with Gasteiger partial charge in [0.2, 0.25) is 5.71 Å². The van der Waals surface area contributed by atoms with Gasteiger partial charge in [0, 0.05) is 0 Å². The van der Waals surface area contributed by atoms with Crippen molar-refractivity contribution in [2.45, 2.75) is 30.6 Å². The van der Waals surface area contributed by atoms with Gasteiger partial charge >= 0.3 is 30.6 Å². The molecule has 0 aromatic rings. The normalized spacial score (nSPS) is 14.9. The van der Waals surface area contributed by atoms with Gasteiger partial charge < -0.3 is 0 Å². The van der Waals surface area contributed by atoms with Crippen LogP contribution in [0.1, 0.15) is 0 Å². The molecule has 0 unspecified atom stereocenters. The molecule has 0 aliphatic carbocycles. The van der Waals surface area contributed by atoms with Gasteiger partial charge in [0.1, 0.15) is 0 Å². The molecule has 0 aliphatic rings. The average molecular weight is 440 g/mol. The topological polar surface area (TPSA) is 24.7 Å². The molecule has 27 heavy (non-hydrogen) atoms. The maximum absolute atomic E-state index is 13.0. The van der Waals surface area contributed by atoms with E-state index in [2.05, 4.69) is 0 Å². The molecular weight excluding hydrogens is 440 g/mol. The molecule has 158 valence electrons. The predicted octanol–water partition coefficient (Wildman–Crippen LogP) is 5.82. The molecule has 0 N–H and O–H groups in total. The van der Waals surface area contributed by atoms with Crippen molar-refractivity contribution in [3.05, 3.63) is 11.7 Å². The fourth-order valence-electron chi connectivity index (χ4n) is 1.11. The second-order valence-electron chi connectivity index (χ2n) is 4.10. The summed E-state index contributed by atoms with van der Waals surface area (Å²) in [6.45, 7) is 0. The van der Waals surface area contributed by atoms with Crippen molar-refractivity contribution < 1.29 is 70.2 Å². The summed E-state index contributed by atoms with van der Waals surface area (Å²) >= 11 is 0. The van der Waals surface area contributed by atoms with Gasteiger partial charge in [0.25, 0.3) is 6.08 Å². The lowest BCUT2D eigenvalue weighted by molar-refractivity contribution is -0.249. The van der Waals surface area contributed by atoms with Crippen molar-refractivity contribution in [3.8, 4) is 0 Å². The smallest absolute Gasteiger partial charge is 0.189 e. The Hall–Kier alpha value is -2.04. The maximum atomic E-state index is 13.0. The highest BCUT2D eigenvalue weighted by Crippen LogP contribution is 2.43. The average Bonchev–Trinajstić information content (AvgIpc) is 2.30. The minimum Gasteiger partial charge on any atom is -0.189 e. The molecule has 0 radical (unpaired) electrons. The first-order valence-corrected chi connectivity index (χ1v) is 5.42. The summed E-state index contributed by atoms with van der Waals surface area (Å²) in [6.07, 6.45) is -31.6. The van der Waals surface area contributed by atoms with E-state index < -0.39 is 53.7 Å². The second kappa shape index (κ2) is 7.17. The molecule has 0 aromatic carbocycles. The predicted molar refractivity (Wildman–Crippen MR) is 53.3 cm³/mol. The quantitative estimate of drug-likeness (QED) is 0.301. The lowest BCUT2D eigenvalue weighted by atomic mass is 10.0. The van der Waals surface area contributed by atoms with Crippen molar-refractivity contribution in [1.82, 2.24) is 0 Å². The zero-order valence-corrected chi connectivity index (χ0v) is 11.4. The molecule has 0 amide bonds. The van der Waals surface area contributed by atoms with Gasteiger partial charge in [-0.15, -0.1) is 10.2 Å². The summed E-state index contributed by atoms with van der Waals surface area (Å²) in [6, 6.07) is 0. The van der Waals surface area contributed by atoms with Crippen LogP contribution in [0.15, 0.2) is 21.9 Å². The van der Waals surface area contributed by atoms with E-state index in [1.54, 1.807) is 0 Å². The van der Waals surface area contributed by atoms with E-state index in [1.807, 2.05) is 0 Å².